The topological polar surface area (TPSA) is 43.4 Å². The third-order valence-corrected chi connectivity index (χ3v) is 3.96. The highest BCUT2D eigenvalue weighted by Crippen LogP contribution is 2.34. The first-order valence-electron chi connectivity index (χ1n) is 6.99. The Balaban J connectivity index is 2.71. The lowest BCUT2D eigenvalue weighted by Gasteiger charge is -2.14. The summed E-state index contributed by atoms with van der Waals surface area (Å²) < 4.78 is 4.83. The number of rotatable bonds is 4. The molecule has 3 nitrogen and oxygen atoms in total. The molecule has 0 unspecified atom stereocenters. The van der Waals surface area contributed by atoms with Gasteiger partial charge in [-0.05, 0) is 35.2 Å². The maximum atomic E-state index is 12.0. The van der Waals surface area contributed by atoms with Gasteiger partial charge in [0.1, 0.15) is 0 Å². The van der Waals surface area contributed by atoms with Crippen LogP contribution in [0, 0.1) is 0 Å². The average Bonchev–Trinajstić information content (AvgIpc) is 2.53. The SMILES string of the molecule is COC(=O)c1cccc(S)c1-c1ccc(C(C)C)cc1C=O. The molecule has 0 aliphatic rings. The van der Waals surface area contributed by atoms with Crippen molar-refractivity contribution in [2.24, 2.45) is 0 Å². The molecule has 0 amide bonds. The molecule has 0 heterocycles. The Morgan fingerprint density at radius 2 is 1.95 bits per heavy atom. The summed E-state index contributed by atoms with van der Waals surface area (Å²) in [6.45, 7) is 4.13. The van der Waals surface area contributed by atoms with Crippen molar-refractivity contribution in [2.45, 2.75) is 24.7 Å². The Kier molecular flexibility index (Phi) is 5.03. The Morgan fingerprint density at radius 1 is 1.23 bits per heavy atom. The zero-order valence-electron chi connectivity index (χ0n) is 12.8. The van der Waals surface area contributed by atoms with E-state index in [4.69, 9.17) is 4.74 Å². The van der Waals surface area contributed by atoms with E-state index in [9.17, 15) is 9.59 Å². The molecule has 0 spiro atoms. The molecule has 0 fully saturated rings. The predicted molar refractivity (Wildman–Crippen MR) is 89.9 cm³/mol. The van der Waals surface area contributed by atoms with E-state index in [2.05, 4.69) is 26.5 Å². The first-order valence-corrected chi connectivity index (χ1v) is 7.44. The minimum absolute atomic E-state index is 0.319. The maximum Gasteiger partial charge on any atom is 0.338 e. The molecule has 22 heavy (non-hydrogen) atoms. The van der Waals surface area contributed by atoms with Crippen molar-refractivity contribution < 1.29 is 14.3 Å². The fourth-order valence-corrected chi connectivity index (χ4v) is 2.70. The van der Waals surface area contributed by atoms with Crippen molar-refractivity contribution >= 4 is 24.9 Å². The van der Waals surface area contributed by atoms with Crippen LogP contribution >= 0.6 is 12.6 Å². The molecule has 0 saturated carbocycles. The summed E-state index contributed by atoms with van der Waals surface area (Å²) in [6, 6.07) is 10.9. The standard InChI is InChI=1S/C18H18O3S/c1-11(2)12-7-8-14(13(9-12)10-19)17-15(18(20)21-3)5-4-6-16(17)22/h4-11,22H,1-3H3. The Morgan fingerprint density at radius 3 is 2.55 bits per heavy atom. The Bertz CT molecular complexity index is 720. The van der Waals surface area contributed by atoms with Gasteiger partial charge in [0.05, 0.1) is 12.7 Å². The lowest BCUT2D eigenvalue weighted by atomic mass is 9.92. The van der Waals surface area contributed by atoms with Gasteiger partial charge in [0.2, 0.25) is 0 Å². The molecule has 0 atom stereocenters. The number of benzene rings is 2. The number of ether oxygens (including phenoxy) is 1. The zero-order chi connectivity index (χ0) is 16.3. The molecule has 0 N–H and O–H groups in total. The fourth-order valence-electron chi connectivity index (χ4n) is 2.37. The molecule has 0 aliphatic carbocycles. The number of hydrogen-bond acceptors (Lipinski definition) is 4. The second-order valence-electron chi connectivity index (χ2n) is 5.31. The molecular weight excluding hydrogens is 296 g/mol. The highest BCUT2D eigenvalue weighted by Gasteiger charge is 2.18. The van der Waals surface area contributed by atoms with Crippen LogP contribution < -0.4 is 0 Å². The monoisotopic (exact) mass is 314 g/mol. The largest absolute Gasteiger partial charge is 0.465 e. The molecule has 0 saturated heterocycles. The number of esters is 1. The van der Waals surface area contributed by atoms with Crippen LogP contribution in [0.3, 0.4) is 0 Å². The normalized spacial score (nSPS) is 10.6. The van der Waals surface area contributed by atoms with Gasteiger partial charge >= 0.3 is 5.97 Å². The highest BCUT2D eigenvalue weighted by atomic mass is 32.1. The summed E-state index contributed by atoms with van der Waals surface area (Å²) in [7, 11) is 1.33. The minimum Gasteiger partial charge on any atom is -0.465 e. The van der Waals surface area contributed by atoms with Crippen LogP contribution in [0.4, 0.5) is 0 Å². The van der Waals surface area contributed by atoms with Gasteiger partial charge in [-0.25, -0.2) is 4.79 Å². The van der Waals surface area contributed by atoms with Gasteiger partial charge in [0.25, 0.3) is 0 Å². The van der Waals surface area contributed by atoms with Crippen LogP contribution in [0.15, 0.2) is 41.3 Å². The van der Waals surface area contributed by atoms with Crippen molar-refractivity contribution in [3.63, 3.8) is 0 Å². The van der Waals surface area contributed by atoms with E-state index in [1.54, 1.807) is 18.2 Å². The molecule has 2 rings (SSSR count). The molecular formula is C18H18O3S. The van der Waals surface area contributed by atoms with E-state index in [0.717, 1.165) is 11.8 Å². The van der Waals surface area contributed by atoms with Crippen molar-refractivity contribution in [2.75, 3.05) is 7.11 Å². The first-order chi connectivity index (χ1) is 10.5. The molecule has 2 aromatic rings. The van der Waals surface area contributed by atoms with Crippen molar-refractivity contribution in [3.05, 3.63) is 53.1 Å². The van der Waals surface area contributed by atoms with Gasteiger partial charge in [-0.2, -0.15) is 0 Å². The van der Waals surface area contributed by atoms with Gasteiger partial charge in [-0.1, -0.05) is 32.0 Å². The molecule has 0 bridgehead atoms. The van der Waals surface area contributed by atoms with Crippen LogP contribution in [0.1, 0.15) is 46.0 Å². The number of hydrogen-bond donors (Lipinski definition) is 1. The second-order valence-corrected chi connectivity index (χ2v) is 5.79. The summed E-state index contributed by atoms with van der Waals surface area (Å²) in [5.41, 5.74) is 3.32. The summed E-state index contributed by atoms with van der Waals surface area (Å²) >= 11 is 4.44. The van der Waals surface area contributed by atoms with Gasteiger partial charge in [0.15, 0.2) is 6.29 Å². The zero-order valence-corrected chi connectivity index (χ0v) is 13.7. The number of thiol groups is 1. The van der Waals surface area contributed by atoms with Gasteiger partial charge in [-0.15, -0.1) is 12.6 Å². The van der Waals surface area contributed by atoms with Crippen LogP contribution in [-0.4, -0.2) is 19.4 Å². The van der Waals surface area contributed by atoms with Gasteiger partial charge < -0.3 is 4.74 Å². The van der Waals surface area contributed by atoms with Crippen molar-refractivity contribution in [3.8, 4) is 11.1 Å². The fraction of sp³-hybridized carbons (Fsp3) is 0.222. The smallest absolute Gasteiger partial charge is 0.338 e. The molecule has 0 radical (unpaired) electrons. The summed E-state index contributed by atoms with van der Waals surface area (Å²) in [4.78, 5) is 24.1. The Labute approximate surface area is 135 Å². The van der Waals surface area contributed by atoms with Gasteiger partial charge in [0, 0.05) is 16.0 Å². The third-order valence-electron chi connectivity index (χ3n) is 3.59. The summed E-state index contributed by atoms with van der Waals surface area (Å²) in [5.74, 6) is -0.130. The number of methoxy groups -OCH3 is 1. The first kappa shape index (κ1) is 16.3. The molecule has 0 aliphatic heterocycles. The molecule has 0 aromatic heterocycles. The summed E-state index contributed by atoms with van der Waals surface area (Å²) in [5, 5.41) is 0. The number of aldehydes is 1. The lowest BCUT2D eigenvalue weighted by Crippen LogP contribution is -2.05. The van der Waals surface area contributed by atoms with Gasteiger partial charge in [-0.3, -0.25) is 4.79 Å². The van der Waals surface area contributed by atoms with Crippen molar-refractivity contribution in [1.82, 2.24) is 0 Å². The second kappa shape index (κ2) is 6.79. The third kappa shape index (κ3) is 3.07. The van der Waals surface area contributed by atoms with E-state index in [0.29, 0.717) is 33.1 Å². The van der Waals surface area contributed by atoms with Crippen LogP contribution in [0.2, 0.25) is 0 Å². The maximum absolute atomic E-state index is 12.0. The molecule has 2 aromatic carbocycles. The van der Waals surface area contributed by atoms with E-state index in [1.807, 2.05) is 18.2 Å². The van der Waals surface area contributed by atoms with Crippen LogP contribution in [0.25, 0.3) is 11.1 Å². The number of carbonyl (C=O) groups excluding carboxylic acids is 2. The van der Waals surface area contributed by atoms with E-state index in [1.165, 1.54) is 7.11 Å². The highest BCUT2D eigenvalue weighted by molar-refractivity contribution is 7.80. The average molecular weight is 314 g/mol. The van der Waals surface area contributed by atoms with E-state index < -0.39 is 5.97 Å². The summed E-state index contributed by atoms with van der Waals surface area (Å²) in [6.07, 6.45) is 0.808. The quantitative estimate of drug-likeness (QED) is 0.518. The van der Waals surface area contributed by atoms with Crippen LogP contribution in [0.5, 0.6) is 0 Å². The minimum atomic E-state index is -0.448. The molecule has 114 valence electrons. The van der Waals surface area contributed by atoms with Crippen LogP contribution in [-0.2, 0) is 4.74 Å². The number of carbonyl (C=O) groups is 2. The Hall–Kier alpha value is -2.07. The lowest BCUT2D eigenvalue weighted by molar-refractivity contribution is 0.0601. The molecule has 4 heteroatoms. The van der Waals surface area contributed by atoms with E-state index >= 15 is 0 Å². The van der Waals surface area contributed by atoms with E-state index in [-0.39, 0.29) is 0 Å². The predicted octanol–water partition coefficient (Wildman–Crippen LogP) is 4.36. The van der Waals surface area contributed by atoms with Crippen molar-refractivity contribution in [1.29, 1.82) is 0 Å².